The molecule has 22 heavy (non-hydrogen) atoms. The summed E-state index contributed by atoms with van der Waals surface area (Å²) in [6.07, 6.45) is 2.36. The second-order valence-corrected chi connectivity index (χ2v) is 5.32. The van der Waals surface area contributed by atoms with Crippen LogP contribution in [-0.4, -0.2) is 29.4 Å². The highest BCUT2D eigenvalue weighted by Gasteiger charge is 2.23. The third-order valence-corrected chi connectivity index (χ3v) is 3.74. The summed E-state index contributed by atoms with van der Waals surface area (Å²) in [6, 6.07) is 7.24. The molecule has 1 aromatic carbocycles. The number of hydrogen-bond acceptors (Lipinski definition) is 3. The fourth-order valence-electron chi connectivity index (χ4n) is 2.55. The van der Waals surface area contributed by atoms with Crippen LogP contribution in [-0.2, 0) is 4.79 Å². The minimum atomic E-state index is -0.562. The summed E-state index contributed by atoms with van der Waals surface area (Å²) in [5.74, 6) is -1.12. The van der Waals surface area contributed by atoms with Crippen LogP contribution in [0.25, 0.3) is 10.9 Å². The van der Waals surface area contributed by atoms with Crippen molar-refractivity contribution in [2.24, 2.45) is 0 Å². The third kappa shape index (κ3) is 2.90. The molecule has 1 saturated heterocycles. The van der Waals surface area contributed by atoms with Crippen molar-refractivity contribution in [2.45, 2.75) is 25.3 Å². The quantitative estimate of drug-likeness (QED) is 0.888. The van der Waals surface area contributed by atoms with Crippen LogP contribution in [0.3, 0.4) is 0 Å². The Hall–Kier alpha value is -2.50. The van der Waals surface area contributed by atoms with Gasteiger partial charge in [0.05, 0.1) is 0 Å². The van der Waals surface area contributed by atoms with Crippen LogP contribution in [0.2, 0.25) is 0 Å². The number of nitrogens with zero attached hydrogens (tertiary/aromatic N) is 1. The van der Waals surface area contributed by atoms with Gasteiger partial charge in [-0.3, -0.25) is 9.59 Å². The fraction of sp³-hybridized carbons (Fsp3) is 0.312. The molecule has 1 fully saturated rings. The van der Waals surface area contributed by atoms with Gasteiger partial charge >= 0.3 is 0 Å². The number of amides is 2. The van der Waals surface area contributed by atoms with Crippen molar-refractivity contribution in [2.75, 3.05) is 6.54 Å². The van der Waals surface area contributed by atoms with E-state index in [2.05, 4.69) is 15.6 Å². The number of para-hydroxylation sites is 1. The number of benzene rings is 1. The first kappa shape index (κ1) is 14.4. The van der Waals surface area contributed by atoms with Gasteiger partial charge in [0.1, 0.15) is 23.1 Å². The Labute approximate surface area is 126 Å². The molecule has 1 aromatic heterocycles. The molecule has 2 N–H and O–H groups in total. The van der Waals surface area contributed by atoms with Crippen molar-refractivity contribution in [3.63, 3.8) is 0 Å². The number of halogens is 1. The minimum Gasteiger partial charge on any atom is -0.354 e. The SMILES string of the molecule is O=C(N[C@H]1CCCCNC1=O)c1ccc2cccc(F)c2n1. The topological polar surface area (TPSA) is 71.1 Å². The van der Waals surface area contributed by atoms with E-state index in [0.717, 1.165) is 12.8 Å². The first-order valence-corrected chi connectivity index (χ1v) is 7.29. The van der Waals surface area contributed by atoms with Gasteiger partial charge < -0.3 is 10.6 Å². The Kier molecular flexibility index (Phi) is 4.00. The van der Waals surface area contributed by atoms with Crippen LogP contribution in [0.4, 0.5) is 4.39 Å². The van der Waals surface area contributed by atoms with E-state index in [1.807, 2.05) is 0 Å². The van der Waals surface area contributed by atoms with E-state index in [-0.39, 0.29) is 17.1 Å². The normalized spacial score (nSPS) is 18.6. The van der Waals surface area contributed by atoms with E-state index in [1.54, 1.807) is 18.2 Å². The lowest BCUT2D eigenvalue weighted by atomic mass is 10.1. The zero-order valence-electron chi connectivity index (χ0n) is 11.9. The summed E-state index contributed by atoms with van der Waals surface area (Å²) in [6.45, 7) is 0.630. The standard InChI is InChI=1S/C16H16FN3O2/c17-11-5-3-4-10-7-8-13(19-14(10)11)16(22)20-12-6-1-2-9-18-15(12)21/h3-5,7-8,12H,1-2,6,9H2,(H,18,21)(H,20,22)/t12-/m0/s1. The average Bonchev–Trinajstić information content (AvgIpc) is 2.72. The second kappa shape index (κ2) is 6.09. The molecular weight excluding hydrogens is 285 g/mol. The molecular formula is C16H16FN3O2. The molecule has 1 aliphatic rings. The van der Waals surface area contributed by atoms with Crippen molar-refractivity contribution < 1.29 is 14.0 Å². The molecule has 1 aliphatic heterocycles. The van der Waals surface area contributed by atoms with Gasteiger partial charge in [0.25, 0.3) is 5.91 Å². The average molecular weight is 301 g/mol. The molecule has 0 spiro atoms. The molecule has 5 nitrogen and oxygen atoms in total. The first-order valence-electron chi connectivity index (χ1n) is 7.29. The van der Waals surface area contributed by atoms with Crippen LogP contribution in [0.15, 0.2) is 30.3 Å². The van der Waals surface area contributed by atoms with Gasteiger partial charge in [0.2, 0.25) is 5.91 Å². The molecule has 0 radical (unpaired) electrons. The van der Waals surface area contributed by atoms with Crippen molar-refractivity contribution in [3.8, 4) is 0 Å². The molecule has 2 amide bonds. The van der Waals surface area contributed by atoms with Gasteiger partial charge in [0, 0.05) is 11.9 Å². The maximum atomic E-state index is 13.7. The zero-order valence-corrected chi connectivity index (χ0v) is 11.9. The lowest BCUT2D eigenvalue weighted by Gasteiger charge is -2.15. The highest BCUT2D eigenvalue weighted by atomic mass is 19.1. The highest BCUT2D eigenvalue weighted by molar-refractivity contribution is 5.97. The number of pyridine rings is 1. The van der Waals surface area contributed by atoms with Crippen molar-refractivity contribution in [1.82, 2.24) is 15.6 Å². The van der Waals surface area contributed by atoms with Crippen LogP contribution in [0.5, 0.6) is 0 Å². The zero-order chi connectivity index (χ0) is 15.5. The second-order valence-electron chi connectivity index (χ2n) is 5.32. The molecule has 0 unspecified atom stereocenters. The molecule has 2 aromatic rings. The summed E-state index contributed by atoms with van der Waals surface area (Å²) < 4.78 is 13.7. The smallest absolute Gasteiger partial charge is 0.270 e. The number of nitrogens with one attached hydrogen (secondary N) is 2. The van der Waals surface area contributed by atoms with Crippen LogP contribution >= 0.6 is 0 Å². The summed E-state index contributed by atoms with van der Waals surface area (Å²) in [4.78, 5) is 28.2. The van der Waals surface area contributed by atoms with Gasteiger partial charge in [-0.25, -0.2) is 9.37 Å². The Morgan fingerprint density at radius 3 is 3.00 bits per heavy atom. The fourth-order valence-corrected chi connectivity index (χ4v) is 2.55. The number of carbonyl (C=O) groups is 2. The maximum Gasteiger partial charge on any atom is 0.270 e. The molecule has 0 saturated carbocycles. The van der Waals surface area contributed by atoms with Gasteiger partial charge in [0.15, 0.2) is 0 Å². The summed E-state index contributed by atoms with van der Waals surface area (Å²) in [5, 5.41) is 6.06. The Bertz CT molecular complexity index is 732. The Balaban J connectivity index is 1.82. The van der Waals surface area contributed by atoms with Crippen molar-refractivity contribution in [1.29, 1.82) is 0 Å². The van der Waals surface area contributed by atoms with Crippen LogP contribution in [0.1, 0.15) is 29.8 Å². The van der Waals surface area contributed by atoms with Gasteiger partial charge in [-0.15, -0.1) is 0 Å². The van der Waals surface area contributed by atoms with E-state index >= 15 is 0 Å². The number of fused-ring (bicyclic) bond motifs is 1. The van der Waals surface area contributed by atoms with Crippen molar-refractivity contribution in [3.05, 3.63) is 41.8 Å². The molecule has 1 atom stereocenters. The molecule has 3 rings (SSSR count). The molecule has 114 valence electrons. The number of hydrogen-bond donors (Lipinski definition) is 2. The van der Waals surface area contributed by atoms with Gasteiger partial charge in [-0.1, -0.05) is 18.2 Å². The maximum absolute atomic E-state index is 13.7. The monoisotopic (exact) mass is 301 g/mol. The van der Waals surface area contributed by atoms with Crippen LogP contribution < -0.4 is 10.6 Å². The summed E-state index contributed by atoms with van der Waals surface area (Å²) in [5.41, 5.74) is 0.259. The van der Waals surface area contributed by atoms with Gasteiger partial charge in [-0.2, -0.15) is 0 Å². The first-order chi connectivity index (χ1) is 10.6. The lowest BCUT2D eigenvalue weighted by Crippen LogP contribution is -2.45. The minimum absolute atomic E-state index is 0.106. The summed E-state index contributed by atoms with van der Waals surface area (Å²) >= 11 is 0. The van der Waals surface area contributed by atoms with Gasteiger partial charge in [-0.05, 0) is 31.4 Å². The molecule has 2 heterocycles. The number of rotatable bonds is 2. The van der Waals surface area contributed by atoms with E-state index in [1.165, 1.54) is 12.1 Å². The summed E-state index contributed by atoms with van der Waals surface area (Å²) in [7, 11) is 0. The Morgan fingerprint density at radius 2 is 2.14 bits per heavy atom. The van der Waals surface area contributed by atoms with E-state index < -0.39 is 17.8 Å². The van der Waals surface area contributed by atoms with E-state index in [4.69, 9.17) is 0 Å². The molecule has 6 heteroatoms. The molecule has 0 bridgehead atoms. The van der Waals surface area contributed by atoms with Crippen molar-refractivity contribution >= 4 is 22.7 Å². The molecule has 0 aliphatic carbocycles. The lowest BCUT2D eigenvalue weighted by molar-refractivity contribution is -0.122. The van der Waals surface area contributed by atoms with E-state index in [0.29, 0.717) is 18.4 Å². The Morgan fingerprint density at radius 1 is 1.27 bits per heavy atom. The predicted molar refractivity (Wildman–Crippen MR) is 79.8 cm³/mol. The third-order valence-electron chi connectivity index (χ3n) is 3.74. The number of aromatic nitrogens is 1. The predicted octanol–water partition coefficient (Wildman–Crippen LogP) is 1.77. The number of carbonyl (C=O) groups excluding carboxylic acids is 2. The van der Waals surface area contributed by atoms with Crippen LogP contribution in [0, 0.1) is 5.82 Å². The largest absolute Gasteiger partial charge is 0.354 e. The van der Waals surface area contributed by atoms with E-state index in [9.17, 15) is 14.0 Å². The highest BCUT2D eigenvalue weighted by Crippen LogP contribution is 2.16.